The quantitative estimate of drug-likeness (QED) is 0.724. The van der Waals surface area contributed by atoms with Crippen LogP contribution in [0.25, 0.3) is 0 Å². The molecule has 21 heavy (non-hydrogen) atoms. The Balaban J connectivity index is 2.77. The van der Waals surface area contributed by atoms with Gasteiger partial charge in [0, 0.05) is 6.04 Å². The van der Waals surface area contributed by atoms with Crippen LogP contribution in [-0.2, 0) is 0 Å². The molecule has 2 unspecified atom stereocenters. The van der Waals surface area contributed by atoms with Crippen LogP contribution in [0, 0.1) is 5.92 Å². The van der Waals surface area contributed by atoms with Crippen LogP contribution in [0.1, 0.15) is 51.6 Å². The van der Waals surface area contributed by atoms with E-state index in [1.54, 1.807) is 12.1 Å². The van der Waals surface area contributed by atoms with Gasteiger partial charge in [0.15, 0.2) is 0 Å². The first kappa shape index (κ1) is 17.8. The summed E-state index contributed by atoms with van der Waals surface area (Å²) in [4.78, 5) is 0. The van der Waals surface area contributed by atoms with E-state index in [1.807, 2.05) is 0 Å². The van der Waals surface area contributed by atoms with Crippen molar-refractivity contribution in [3.05, 3.63) is 29.8 Å². The van der Waals surface area contributed by atoms with Crippen LogP contribution in [0.5, 0.6) is 5.75 Å². The molecule has 1 aromatic rings. The molecule has 2 nitrogen and oxygen atoms in total. The highest BCUT2D eigenvalue weighted by Crippen LogP contribution is 2.27. The minimum atomic E-state index is -4.64. The van der Waals surface area contributed by atoms with Gasteiger partial charge in [-0.3, -0.25) is 0 Å². The van der Waals surface area contributed by atoms with E-state index in [1.165, 1.54) is 12.1 Å². The molecule has 0 bridgehead atoms. The largest absolute Gasteiger partial charge is 0.573 e. The van der Waals surface area contributed by atoms with Gasteiger partial charge in [0.1, 0.15) is 5.75 Å². The first-order valence-corrected chi connectivity index (χ1v) is 7.44. The Morgan fingerprint density at radius 2 is 1.76 bits per heavy atom. The van der Waals surface area contributed by atoms with Gasteiger partial charge in [-0.1, -0.05) is 39.3 Å². The summed E-state index contributed by atoms with van der Waals surface area (Å²) in [6.45, 7) is 7.30. The van der Waals surface area contributed by atoms with E-state index >= 15 is 0 Å². The first-order chi connectivity index (χ1) is 9.85. The number of ether oxygens (including phenoxy) is 1. The first-order valence-electron chi connectivity index (χ1n) is 7.44. The second-order valence-corrected chi connectivity index (χ2v) is 5.37. The van der Waals surface area contributed by atoms with E-state index in [-0.39, 0.29) is 11.8 Å². The SMILES string of the molecule is CCCNC(CC(C)CC)c1ccc(OC(F)(F)F)cc1. The van der Waals surface area contributed by atoms with Crippen LogP contribution in [0.15, 0.2) is 24.3 Å². The lowest BCUT2D eigenvalue weighted by Gasteiger charge is -2.22. The van der Waals surface area contributed by atoms with Crippen LogP contribution >= 0.6 is 0 Å². The summed E-state index contributed by atoms with van der Waals surface area (Å²) in [7, 11) is 0. The molecule has 0 radical (unpaired) electrons. The van der Waals surface area contributed by atoms with E-state index in [4.69, 9.17) is 0 Å². The molecule has 2 atom stereocenters. The Morgan fingerprint density at radius 1 is 1.14 bits per heavy atom. The topological polar surface area (TPSA) is 21.3 Å². The molecule has 0 amide bonds. The Hall–Kier alpha value is -1.23. The van der Waals surface area contributed by atoms with Gasteiger partial charge in [-0.05, 0) is 43.0 Å². The van der Waals surface area contributed by atoms with Crippen molar-refractivity contribution in [1.82, 2.24) is 5.32 Å². The van der Waals surface area contributed by atoms with Gasteiger partial charge >= 0.3 is 6.36 Å². The van der Waals surface area contributed by atoms with Gasteiger partial charge in [0.25, 0.3) is 0 Å². The molecule has 0 saturated carbocycles. The number of alkyl halides is 3. The van der Waals surface area contributed by atoms with Crippen LogP contribution in [0.4, 0.5) is 13.2 Å². The summed E-state index contributed by atoms with van der Waals surface area (Å²) in [6, 6.07) is 6.33. The lowest BCUT2D eigenvalue weighted by Crippen LogP contribution is -2.24. The van der Waals surface area contributed by atoms with Crippen LogP contribution in [0.2, 0.25) is 0 Å². The van der Waals surface area contributed by atoms with E-state index in [0.29, 0.717) is 5.92 Å². The molecule has 0 heterocycles. The maximum absolute atomic E-state index is 12.2. The maximum Gasteiger partial charge on any atom is 0.573 e. The average Bonchev–Trinajstić information content (AvgIpc) is 2.42. The van der Waals surface area contributed by atoms with Crippen molar-refractivity contribution in [2.45, 2.75) is 52.4 Å². The zero-order valence-electron chi connectivity index (χ0n) is 12.8. The third kappa shape index (κ3) is 6.85. The molecule has 5 heteroatoms. The minimum Gasteiger partial charge on any atom is -0.406 e. The molecule has 120 valence electrons. The molecule has 0 aliphatic carbocycles. The lowest BCUT2D eigenvalue weighted by molar-refractivity contribution is -0.274. The van der Waals surface area contributed by atoms with Crippen molar-refractivity contribution < 1.29 is 17.9 Å². The summed E-state index contributed by atoms with van der Waals surface area (Å²) in [6.07, 6.45) is -1.57. The van der Waals surface area contributed by atoms with E-state index in [2.05, 4.69) is 30.8 Å². The fourth-order valence-corrected chi connectivity index (χ4v) is 2.13. The highest BCUT2D eigenvalue weighted by atomic mass is 19.4. The van der Waals surface area contributed by atoms with Crippen LogP contribution in [-0.4, -0.2) is 12.9 Å². The summed E-state index contributed by atoms with van der Waals surface area (Å²) in [5.74, 6) is 0.384. The number of hydrogen-bond donors (Lipinski definition) is 1. The Kier molecular flexibility index (Phi) is 7.02. The Bertz CT molecular complexity index is 403. The van der Waals surface area contributed by atoms with Crippen LogP contribution < -0.4 is 10.1 Å². The number of benzene rings is 1. The molecule has 0 fully saturated rings. The van der Waals surface area contributed by atoms with Crippen molar-refractivity contribution in [2.24, 2.45) is 5.92 Å². The van der Waals surface area contributed by atoms with Crippen LogP contribution in [0.3, 0.4) is 0 Å². The van der Waals surface area contributed by atoms with Crippen molar-refractivity contribution in [1.29, 1.82) is 0 Å². The molecule has 0 spiro atoms. The van der Waals surface area contributed by atoms with E-state index in [9.17, 15) is 13.2 Å². The normalized spacial score (nSPS) is 14.8. The molecule has 1 aromatic carbocycles. The zero-order valence-corrected chi connectivity index (χ0v) is 12.8. The zero-order chi connectivity index (χ0) is 15.9. The van der Waals surface area contributed by atoms with E-state index in [0.717, 1.165) is 31.4 Å². The van der Waals surface area contributed by atoms with Gasteiger partial charge in [0.2, 0.25) is 0 Å². The third-order valence-electron chi connectivity index (χ3n) is 3.49. The van der Waals surface area contributed by atoms with Gasteiger partial charge in [-0.2, -0.15) is 0 Å². The standard InChI is InChI=1S/C16H24F3NO/c1-4-10-20-15(11-12(3)5-2)13-6-8-14(9-7-13)21-16(17,18)19/h6-9,12,15,20H,4-5,10-11H2,1-3H3. The molecular weight excluding hydrogens is 279 g/mol. The molecular formula is C16H24F3NO. The molecule has 1 N–H and O–H groups in total. The number of rotatable bonds is 8. The summed E-state index contributed by atoms with van der Waals surface area (Å²) >= 11 is 0. The molecule has 0 saturated heterocycles. The van der Waals surface area contributed by atoms with Gasteiger partial charge < -0.3 is 10.1 Å². The highest BCUT2D eigenvalue weighted by Gasteiger charge is 2.31. The fourth-order valence-electron chi connectivity index (χ4n) is 2.13. The van der Waals surface area contributed by atoms with Crippen molar-refractivity contribution in [2.75, 3.05) is 6.54 Å². The van der Waals surface area contributed by atoms with Crippen molar-refractivity contribution in [3.63, 3.8) is 0 Å². The second kappa shape index (κ2) is 8.27. The number of nitrogens with one attached hydrogen (secondary N) is 1. The van der Waals surface area contributed by atoms with Crippen molar-refractivity contribution in [3.8, 4) is 5.75 Å². The fraction of sp³-hybridized carbons (Fsp3) is 0.625. The Labute approximate surface area is 124 Å². The predicted molar refractivity (Wildman–Crippen MR) is 78.2 cm³/mol. The summed E-state index contributed by atoms with van der Waals surface area (Å²) in [5, 5.41) is 3.46. The monoisotopic (exact) mass is 303 g/mol. The maximum atomic E-state index is 12.2. The van der Waals surface area contributed by atoms with Gasteiger partial charge in [-0.15, -0.1) is 13.2 Å². The van der Waals surface area contributed by atoms with Crippen molar-refractivity contribution >= 4 is 0 Å². The molecule has 0 aliphatic rings. The molecule has 1 rings (SSSR count). The van der Waals surface area contributed by atoms with Gasteiger partial charge in [0.05, 0.1) is 0 Å². The number of halogens is 3. The molecule has 0 aromatic heterocycles. The minimum absolute atomic E-state index is 0.167. The summed E-state index contributed by atoms with van der Waals surface area (Å²) < 4.78 is 40.4. The summed E-state index contributed by atoms with van der Waals surface area (Å²) in [5.41, 5.74) is 0.998. The lowest BCUT2D eigenvalue weighted by atomic mass is 9.94. The molecule has 0 aliphatic heterocycles. The smallest absolute Gasteiger partial charge is 0.406 e. The Morgan fingerprint density at radius 3 is 2.24 bits per heavy atom. The highest BCUT2D eigenvalue weighted by molar-refractivity contribution is 5.29. The van der Waals surface area contributed by atoms with Gasteiger partial charge in [-0.25, -0.2) is 0 Å². The number of hydrogen-bond acceptors (Lipinski definition) is 2. The third-order valence-corrected chi connectivity index (χ3v) is 3.49. The second-order valence-electron chi connectivity index (χ2n) is 5.37. The predicted octanol–water partition coefficient (Wildman–Crippen LogP) is 5.06. The average molecular weight is 303 g/mol. The van der Waals surface area contributed by atoms with E-state index < -0.39 is 6.36 Å².